The van der Waals surface area contributed by atoms with Crippen molar-refractivity contribution in [3.63, 3.8) is 0 Å². The minimum Gasteiger partial charge on any atom is -0.444 e. The van der Waals surface area contributed by atoms with Crippen molar-refractivity contribution in [2.45, 2.75) is 98.3 Å². The summed E-state index contributed by atoms with van der Waals surface area (Å²) < 4.78 is 5.41. The molecular weight excluding hydrogens is 522 g/mol. The number of nitrogens with zero attached hydrogens (tertiary/aromatic N) is 1. The number of anilines is 1. The molecule has 0 aliphatic rings. The summed E-state index contributed by atoms with van der Waals surface area (Å²) in [6.07, 6.45) is 4.23. The number of amides is 3. The normalized spacial score (nSPS) is 12.8. The van der Waals surface area contributed by atoms with Crippen LogP contribution in [0.15, 0.2) is 42.5 Å². The average Bonchev–Trinajstić information content (AvgIpc) is 2.88. The van der Waals surface area contributed by atoms with Crippen LogP contribution in [0.2, 0.25) is 0 Å². The van der Waals surface area contributed by atoms with Crippen LogP contribution < -0.4 is 10.6 Å². The number of nitrogens with one attached hydrogen (secondary N) is 2. The lowest BCUT2D eigenvalue weighted by Gasteiger charge is -2.35. The van der Waals surface area contributed by atoms with Crippen LogP contribution in [0.5, 0.6) is 0 Å². The fraction of sp³-hybridized carbons (Fsp3) is 0.531. The number of thiol groups is 1. The van der Waals surface area contributed by atoms with Crippen LogP contribution in [0.1, 0.15) is 88.1 Å². The lowest BCUT2D eigenvalue weighted by atomic mass is 9.97. The van der Waals surface area contributed by atoms with E-state index in [2.05, 4.69) is 30.2 Å². The van der Waals surface area contributed by atoms with Gasteiger partial charge in [0.2, 0.25) is 5.91 Å². The molecule has 0 spiro atoms. The van der Waals surface area contributed by atoms with Gasteiger partial charge in [-0.15, -0.1) is 0 Å². The Morgan fingerprint density at radius 2 is 1.50 bits per heavy atom. The molecule has 0 saturated carbocycles. The second kappa shape index (κ2) is 15.7. The number of rotatable bonds is 13. The largest absolute Gasteiger partial charge is 0.444 e. The molecule has 40 heavy (non-hydrogen) atoms. The van der Waals surface area contributed by atoms with Gasteiger partial charge in [-0.2, -0.15) is 12.6 Å². The number of benzene rings is 2. The smallest absolute Gasteiger partial charge is 0.408 e. The first-order valence-corrected chi connectivity index (χ1v) is 14.9. The first-order chi connectivity index (χ1) is 18.9. The molecule has 0 saturated heterocycles. The second-order valence-electron chi connectivity index (χ2n) is 11.3. The molecule has 0 radical (unpaired) electrons. The van der Waals surface area contributed by atoms with Gasteiger partial charge in [0.25, 0.3) is 5.91 Å². The number of alkyl carbamates (subject to hydrolysis) is 1. The highest BCUT2D eigenvalue weighted by atomic mass is 32.1. The van der Waals surface area contributed by atoms with Crippen molar-refractivity contribution in [3.8, 4) is 0 Å². The van der Waals surface area contributed by atoms with Crippen molar-refractivity contribution >= 4 is 36.2 Å². The third-order valence-electron chi connectivity index (χ3n) is 6.73. The summed E-state index contributed by atoms with van der Waals surface area (Å²) >= 11 is 4.39. The van der Waals surface area contributed by atoms with E-state index in [9.17, 15) is 14.4 Å². The predicted molar refractivity (Wildman–Crippen MR) is 166 cm³/mol. The van der Waals surface area contributed by atoms with Gasteiger partial charge >= 0.3 is 6.09 Å². The Kier molecular flexibility index (Phi) is 13.0. The Morgan fingerprint density at radius 1 is 0.900 bits per heavy atom. The second-order valence-corrected chi connectivity index (χ2v) is 11.7. The molecule has 0 aliphatic heterocycles. The number of carbonyl (C=O) groups excluding carboxylic acids is 3. The fourth-order valence-corrected chi connectivity index (χ4v) is 4.88. The lowest BCUT2D eigenvalue weighted by Crippen LogP contribution is -2.53. The van der Waals surface area contributed by atoms with Crippen LogP contribution in [0.25, 0.3) is 0 Å². The number of hydrogen-bond acceptors (Lipinski definition) is 5. The molecule has 0 bridgehead atoms. The zero-order valence-corrected chi connectivity index (χ0v) is 26.1. The zero-order chi connectivity index (χ0) is 29.9. The summed E-state index contributed by atoms with van der Waals surface area (Å²) in [5.74, 6) is -0.617. The van der Waals surface area contributed by atoms with Crippen molar-refractivity contribution in [1.82, 2.24) is 10.2 Å². The molecule has 0 heterocycles. The van der Waals surface area contributed by atoms with Gasteiger partial charge in [-0.05, 0) is 70.2 Å². The molecule has 8 heteroatoms. The fourth-order valence-electron chi connectivity index (χ4n) is 4.64. The summed E-state index contributed by atoms with van der Waals surface area (Å²) in [4.78, 5) is 42.5. The summed E-state index contributed by atoms with van der Waals surface area (Å²) in [6.45, 7) is 13.6. The van der Waals surface area contributed by atoms with E-state index in [0.717, 1.165) is 60.0 Å². The molecule has 7 nitrogen and oxygen atoms in total. The zero-order valence-electron chi connectivity index (χ0n) is 25.2. The van der Waals surface area contributed by atoms with Gasteiger partial charge in [-0.25, -0.2) is 4.79 Å². The molecule has 0 aliphatic carbocycles. The van der Waals surface area contributed by atoms with E-state index in [1.54, 1.807) is 25.7 Å². The van der Waals surface area contributed by atoms with E-state index < -0.39 is 23.8 Å². The molecule has 0 fully saturated rings. The van der Waals surface area contributed by atoms with Crippen LogP contribution in [0.4, 0.5) is 10.5 Å². The Labute approximate surface area is 245 Å². The summed E-state index contributed by atoms with van der Waals surface area (Å²) in [5, 5.41) is 5.80. The highest BCUT2D eigenvalue weighted by Crippen LogP contribution is 2.29. The SMILES string of the molecule is CCCCCCCN(C(=O)C(CS)NC(=O)OC(C)(C)C)C(C(=O)Nc1c(C)cccc1C)c1ccccc1C. The Bertz CT molecular complexity index is 1120. The van der Waals surface area contributed by atoms with Crippen molar-refractivity contribution < 1.29 is 19.1 Å². The molecule has 2 aromatic carbocycles. The highest BCUT2D eigenvalue weighted by Gasteiger charge is 2.36. The number of aryl methyl sites for hydroxylation is 3. The van der Waals surface area contributed by atoms with E-state index in [0.29, 0.717) is 6.54 Å². The Balaban J connectivity index is 2.52. The molecule has 3 amide bonds. The molecule has 2 rings (SSSR count). The minimum absolute atomic E-state index is 0.0590. The monoisotopic (exact) mass is 569 g/mol. The van der Waals surface area contributed by atoms with E-state index in [4.69, 9.17) is 4.74 Å². The number of ether oxygens (including phenoxy) is 1. The van der Waals surface area contributed by atoms with E-state index in [1.807, 2.05) is 63.2 Å². The summed E-state index contributed by atoms with van der Waals surface area (Å²) in [5.41, 5.74) is 3.53. The molecule has 220 valence electrons. The van der Waals surface area contributed by atoms with Gasteiger partial charge in [-0.3, -0.25) is 9.59 Å². The van der Waals surface area contributed by atoms with Gasteiger partial charge in [0, 0.05) is 18.0 Å². The highest BCUT2D eigenvalue weighted by molar-refractivity contribution is 7.80. The molecule has 2 aromatic rings. The number of unbranched alkanes of at least 4 members (excludes halogenated alkanes) is 4. The standard InChI is InChI=1S/C32H47N3O4S/c1-8-9-10-11-14-20-35(30(37)26(21-40)33-31(38)39-32(5,6)7)28(25-19-13-12-16-22(25)2)29(36)34-27-23(3)17-15-18-24(27)4/h12-13,15-19,26,28,40H,8-11,14,20-21H2,1-7H3,(H,33,38)(H,34,36). The molecule has 2 N–H and O–H groups in total. The Hall–Kier alpha value is -3.00. The van der Waals surface area contributed by atoms with Gasteiger partial charge in [0.1, 0.15) is 17.7 Å². The summed E-state index contributed by atoms with van der Waals surface area (Å²) in [7, 11) is 0. The number of hydrogen-bond donors (Lipinski definition) is 3. The van der Waals surface area contributed by atoms with Gasteiger partial charge < -0.3 is 20.3 Å². The molecule has 2 unspecified atom stereocenters. The number of carbonyl (C=O) groups is 3. The number of para-hydroxylation sites is 1. The van der Waals surface area contributed by atoms with Gasteiger partial charge in [0.05, 0.1) is 0 Å². The molecule has 2 atom stereocenters. The average molecular weight is 570 g/mol. The molecular formula is C32H47N3O4S. The van der Waals surface area contributed by atoms with E-state index in [1.165, 1.54) is 0 Å². The Morgan fingerprint density at radius 3 is 2.08 bits per heavy atom. The third kappa shape index (κ3) is 9.88. The van der Waals surface area contributed by atoms with Crippen LogP contribution in [0.3, 0.4) is 0 Å². The third-order valence-corrected chi connectivity index (χ3v) is 7.09. The maximum Gasteiger partial charge on any atom is 0.408 e. The van der Waals surface area contributed by atoms with Crippen molar-refractivity contribution in [2.24, 2.45) is 0 Å². The first kappa shape index (κ1) is 33.2. The van der Waals surface area contributed by atoms with Crippen LogP contribution in [-0.2, 0) is 14.3 Å². The maximum atomic E-state index is 14.1. The topological polar surface area (TPSA) is 87.7 Å². The van der Waals surface area contributed by atoms with E-state index >= 15 is 0 Å². The van der Waals surface area contributed by atoms with Crippen LogP contribution >= 0.6 is 12.6 Å². The van der Waals surface area contributed by atoms with Crippen LogP contribution in [-0.4, -0.2) is 46.7 Å². The maximum absolute atomic E-state index is 14.1. The van der Waals surface area contributed by atoms with Gasteiger partial charge in [0.15, 0.2) is 0 Å². The lowest BCUT2D eigenvalue weighted by molar-refractivity contribution is -0.140. The van der Waals surface area contributed by atoms with E-state index in [-0.39, 0.29) is 17.6 Å². The quantitative estimate of drug-likeness (QED) is 0.181. The van der Waals surface area contributed by atoms with Crippen molar-refractivity contribution in [3.05, 3.63) is 64.7 Å². The van der Waals surface area contributed by atoms with Crippen molar-refractivity contribution in [1.29, 1.82) is 0 Å². The van der Waals surface area contributed by atoms with Gasteiger partial charge in [-0.1, -0.05) is 75.1 Å². The predicted octanol–water partition coefficient (Wildman–Crippen LogP) is 6.91. The first-order valence-electron chi connectivity index (χ1n) is 14.2. The van der Waals surface area contributed by atoms with Crippen molar-refractivity contribution in [2.75, 3.05) is 17.6 Å². The minimum atomic E-state index is -0.964. The van der Waals surface area contributed by atoms with Crippen LogP contribution in [0, 0.1) is 20.8 Å². The summed E-state index contributed by atoms with van der Waals surface area (Å²) in [6, 6.07) is 11.6. The molecule has 0 aromatic heterocycles.